The van der Waals surface area contributed by atoms with Gasteiger partial charge in [0.1, 0.15) is 5.54 Å². The number of morpholine rings is 1. The van der Waals surface area contributed by atoms with Crippen molar-refractivity contribution in [3.8, 4) is 0 Å². The smallest absolute Gasteiger partial charge is 0.246 e. The van der Waals surface area contributed by atoms with Gasteiger partial charge < -0.3 is 15.4 Å². The number of nitrogens with two attached hydrogens (primary N) is 1. The Labute approximate surface area is 152 Å². The average molecular weight is 396 g/mol. The van der Waals surface area contributed by atoms with Gasteiger partial charge >= 0.3 is 0 Å². The average Bonchev–Trinajstić information content (AvgIpc) is 3.04. The molecule has 0 spiro atoms. The molecular weight excluding hydrogens is 370 g/mol. The molecule has 1 amide bonds. The van der Waals surface area contributed by atoms with E-state index in [1.807, 2.05) is 36.1 Å². The van der Waals surface area contributed by atoms with E-state index in [0.29, 0.717) is 5.92 Å². The van der Waals surface area contributed by atoms with Crippen LogP contribution >= 0.6 is 15.9 Å². The van der Waals surface area contributed by atoms with E-state index >= 15 is 0 Å². The summed E-state index contributed by atoms with van der Waals surface area (Å²) in [5.41, 5.74) is 6.28. The van der Waals surface area contributed by atoms with Gasteiger partial charge in [0.15, 0.2) is 0 Å². The minimum absolute atomic E-state index is 0.0225. The third-order valence-corrected chi connectivity index (χ3v) is 5.61. The van der Waals surface area contributed by atoms with E-state index in [-0.39, 0.29) is 5.91 Å². The van der Waals surface area contributed by atoms with Crippen LogP contribution in [0.5, 0.6) is 0 Å². The number of benzene rings is 1. The van der Waals surface area contributed by atoms with Crippen molar-refractivity contribution in [1.29, 1.82) is 0 Å². The number of nitrogens with zero attached hydrogens (tertiary/aromatic N) is 2. The Morgan fingerprint density at radius 2 is 1.96 bits per heavy atom. The molecule has 0 radical (unpaired) electrons. The number of likely N-dealkylation sites (tertiary alicyclic amines) is 1. The van der Waals surface area contributed by atoms with Gasteiger partial charge in [-0.25, -0.2) is 0 Å². The van der Waals surface area contributed by atoms with Crippen molar-refractivity contribution in [1.82, 2.24) is 9.80 Å². The van der Waals surface area contributed by atoms with Gasteiger partial charge in [0, 0.05) is 37.2 Å². The van der Waals surface area contributed by atoms with Crippen LogP contribution in [0.25, 0.3) is 0 Å². The third kappa shape index (κ3) is 3.99. The van der Waals surface area contributed by atoms with E-state index in [4.69, 9.17) is 10.5 Å². The van der Waals surface area contributed by atoms with Crippen molar-refractivity contribution in [2.75, 3.05) is 45.9 Å². The number of amides is 1. The second-order valence-electron chi connectivity index (χ2n) is 7.03. The minimum Gasteiger partial charge on any atom is -0.379 e. The molecule has 2 fully saturated rings. The molecule has 24 heavy (non-hydrogen) atoms. The molecule has 2 heterocycles. The molecule has 3 rings (SSSR count). The van der Waals surface area contributed by atoms with E-state index in [1.54, 1.807) is 0 Å². The van der Waals surface area contributed by atoms with Crippen LogP contribution in [-0.2, 0) is 15.1 Å². The predicted octanol–water partition coefficient (Wildman–Crippen LogP) is 1.80. The largest absolute Gasteiger partial charge is 0.379 e. The lowest BCUT2D eigenvalue weighted by Crippen LogP contribution is -2.50. The third-order valence-electron chi connectivity index (χ3n) is 5.08. The maximum atomic E-state index is 12.9. The molecule has 1 aromatic carbocycles. The van der Waals surface area contributed by atoms with Gasteiger partial charge in [-0.3, -0.25) is 9.69 Å². The predicted molar refractivity (Wildman–Crippen MR) is 97.6 cm³/mol. The number of carbonyl (C=O) groups is 1. The molecule has 132 valence electrons. The van der Waals surface area contributed by atoms with Crippen LogP contribution in [0.2, 0.25) is 0 Å². The van der Waals surface area contributed by atoms with E-state index in [2.05, 4.69) is 20.8 Å². The topological polar surface area (TPSA) is 58.8 Å². The van der Waals surface area contributed by atoms with Gasteiger partial charge in [-0.1, -0.05) is 28.1 Å². The van der Waals surface area contributed by atoms with Crippen LogP contribution in [-0.4, -0.2) is 61.6 Å². The highest BCUT2D eigenvalue weighted by Gasteiger charge is 2.38. The number of hydrogen-bond acceptors (Lipinski definition) is 4. The summed E-state index contributed by atoms with van der Waals surface area (Å²) < 4.78 is 6.39. The van der Waals surface area contributed by atoms with E-state index in [9.17, 15) is 4.79 Å². The molecule has 6 heteroatoms. The normalized spacial score (nSPS) is 24.8. The van der Waals surface area contributed by atoms with Crippen LogP contribution in [0, 0.1) is 5.92 Å². The Morgan fingerprint density at radius 3 is 2.62 bits per heavy atom. The quantitative estimate of drug-likeness (QED) is 0.844. The zero-order chi connectivity index (χ0) is 17.2. The molecular formula is C18H26BrN3O2. The Balaban J connectivity index is 1.59. The van der Waals surface area contributed by atoms with Gasteiger partial charge in [0.25, 0.3) is 0 Å². The Bertz CT molecular complexity index is 570. The van der Waals surface area contributed by atoms with Crippen molar-refractivity contribution >= 4 is 21.8 Å². The van der Waals surface area contributed by atoms with Crippen LogP contribution < -0.4 is 5.73 Å². The molecule has 0 aliphatic carbocycles. The fourth-order valence-electron chi connectivity index (χ4n) is 3.56. The molecule has 2 saturated heterocycles. The fraction of sp³-hybridized carbons (Fsp3) is 0.611. The molecule has 2 aliphatic heterocycles. The second-order valence-corrected chi connectivity index (χ2v) is 7.94. The lowest BCUT2D eigenvalue weighted by molar-refractivity contribution is -0.135. The molecule has 1 aromatic rings. The van der Waals surface area contributed by atoms with E-state index in [0.717, 1.165) is 62.4 Å². The summed E-state index contributed by atoms with van der Waals surface area (Å²) in [6.45, 7) is 8.10. The van der Waals surface area contributed by atoms with Gasteiger partial charge in [-0.05, 0) is 37.0 Å². The lowest BCUT2D eigenvalue weighted by atomic mass is 9.91. The fourth-order valence-corrected chi connectivity index (χ4v) is 3.83. The zero-order valence-electron chi connectivity index (χ0n) is 14.2. The number of hydrogen-bond donors (Lipinski definition) is 1. The molecule has 2 unspecified atom stereocenters. The van der Waals surface area contributed by atoms with Crippen molar-refractivity contribution in [2.24, 2.45) is 11.7 Å². The summed E-state index contributed by atoms with van der Waals surface area (Å²) in [5.74, 6) is 0.557. The molecule has 2 aliphatic rings. The highest BCUT2D eigenvalue weighted by Crippen LogP contribution is 2.26. The van der Waals surface area contributed by atoms with Crippen molar-refractivity contribution in [2.45, 2.75) is 18.9 Å². The second kappa shape index (κ2) is 7.52. The maximum Gasteiger partial charge on any atom is 0.246 e. The summed E-state index contributed by atoms with van der Waals surface area (Å²) in [6.07, 6.45) is 1.06. The highest BCUT2D eigenvalue weighted by atomic mass is 79.9. The number of halogens is 1. The first kappa shape index (κ1) is 17.9. The van der Waals surface area contributed by atoms with Gasteiger partial charge in [-0.2, -0.15) is 0 Å². The van der Waals surface area contributed by atoms with Crippen LogP contribution in [0.3, 0.4) is 0 Å². The van der Waals surface area contributed by atoms with Crippen LogP contribution in [0.4, 0.5) is 0 Å². The van der Waals surface area contributed by atoms with Gasteiger partial charge in [0.05, 0.1) is 13.2 Å². The molecule has 2 atom stereocenters. The molecule has 0 saturated carbocycles. The Morgan fingerprint density at radius 1 is 1.29 bits per heavy atom. The van der Waals surface area contributed by atoms with Crippen LogP contribution in [0.1, 0.15) is 18.9 Å². The summed E-state index contributed by atoms with van der Waals surface area (Å²) in [6, 6.07) is 7.70. The number of carbonyl (C=O) groups excluding carboxylic acids is 1. The van der Waals surface area contributed by atoms with Crippen LogP contribution in [0.15, 0.2) is 28.7 Å². The first-order valence-corrected chi connectivity index (χ1v) is 9.40. The van der Waals surface area contributed by atoms with Gasteiger partial charge in [-0.15, -0.1) is 0 Å². The minimum atomic E-state index is -0.978. The summed E-state index contributed by atoms with van der Waals surface area (Å²) >= 11 is 3.42. The Hall–Kier alpha value is -0.950. The summed E-state index contributed by atoms with van der Waals surface area (Å²) in [7, 11) is 0. The first-order valence-electron chi connectivity index (χ1n) is 8.61. The zero-order valence-corrected chi connectivity index (χ0v) is 15.8. The number of ether oxygens (including phenoxy) is 1. The SMILES string of the molecule is CC(N)(C(=O)N1CCC(CN2CCOCC2)C1)c1ccc(Br)cc1. The van der Waals surface area contributed by atoms with Crippen molar-refractivity contribution in [3.63, 3.8) is 0 Å². The molecule has 0 aromatic heterocycles. The first-order chi connectivity index (χ1) is 11.5. The number of rotatable bonds is 4. The van der Waals surface area contributed by atoms with Crippen molar-refractivity contribution < 1.29 is 9.53 Å². The van der Waals surface area contributed by atoms with E-state index < -0.39 is 5.54 Å². The van der Waals surface area contributed by atoms with Crippen molar-refractivity contribution in [3.05, 3.63) is 34.3 Å². The summed E-state index contributed by atoms with van der Waals surface area (Å²) in [4.78, 5) is 17.3. The monoisotopic (exact) mass is 395 g/mol. The summed E-state index contributed by atoms with van der Waals surface area (Å²) in [5, 5.41) is 0. The lowest BCUT2D eigenvalue weighted by Gasteiger charge is -2.31. The van der Waals surface area contributed by atoms with E-state index in [1.165, 1.54) is 0 Å². The maximum absolute atomic E-state index is 12.9. The standard InChI is InChI=1S/C18H26BrN3O2/c1-18(20,15-2-4-16(19)5-3-15)17(23)22-7-6-14(13-22)12-21-8-10-24-11-9-21/h2-5,14H,6-13,20H2,1H3. The molecule has 5 nitrogen and oxygen atoms in total. The highest BCUT2D eigenvalue weighted by molar-refractivity contribution is 9.10. The molecule has 2 N–H and O–H groups in total. The van der Waals surface area contributed by atoms with Gasteiger partial charge in [0.2, 0.25) is 5.91 Å². The Kier molecular flexibility index (Phi) is 5.59. The molecule has 0 bridgehead atoms.